The molecule has 3 rings (SSSR count). The SMILES string of the molecule is Cc1cc(Br)ccc1NC(=O)CCn1cnc2c(cnn2C(C)(C)C)c1=O. The van der Waals surface area contributed by atoms with Crippen LogP contribution in [0, 0.1) is 6.92 Å². The Labute approximate surface area is 165 Å². The number of hydrogen-bond acceptors (Lipinski definition) is 4. The largest absolute Gasteiger partial charge is 0.326 e. The Hall–Kier alpha value is -2.48. The van der Waals surface area contributed by atoms with Gasteiger partial charge in [-0.25, -0.2) is 9.67 Å². The minimum Gasteiger partial charge on any atom is -0.326 e. The molecule has 7 nitrogen and oxygen atoms in total. The molecule has 3 aromatic rings. The van der Waals surface area contributed by atoms with Crippen molar-refractivity contribution < 1.29 is 4.79 Å². The van der Waals surface area contributed by atoms with Crippen molar-refractivity contribution in [3.05, 3.63) is 51.1 Å². The van der Waals surface area contributed by atoms with Crippen molar-refractivity contribution in [3.8, 4) is 0 Å². The Balaban J connectivity index is 1.74. The smallest absolute Gasteiger partial charge is 0.264 e. The third kappa shape index (κ3) is 4.10. The maximum absolute atomic E-state index is 12.7. The highest BCUT2D eigenvalue weighted by Crippen LogP contribution is 2.20. The second-order valence-electron chi connectivity index (χ2n) is 7.47. The first-order chi connectivity index (χ1) is 12.7. The fourth-order valence-corrected chi connectivity index (χ4v) is 3.28. The van der Waals surface area contributed by atoms with Gasteiger partial charge in [-0.3, -0.25) is 14.2 Å². The molecule has 0 bridgehead atoms. The molecule has 0 fully saturated rings. The molecule has 0 aliphatic heterocycles. The van der Waals surface area contributed by atoms with E-state index in [1.165, 1.54) is 17.1 Å². The van der Waals surface area contributed by atoms with Gasteiger partial charge < -0.3 is 5.32 Å². The number of carbonyl (C=O) groups excluding carboxylic acids is 1. The van der Waals surface area contributed by atoms with Crippen LogP contribution in [0.2, 0.25) is 0 Å². The lowest BCUT2D eigenvalue weighted by molar-refractivity contribution is -0.116. The van der Waals surface area contributed by atoms with E-state index in [4.69, 9.17) is 0 Å². The van der Waals surface area contributed by atoms with E-state index in [-0.39, 0.29) is 30.0 Å². The number of fused-ring (bicyclic) bond motifs is 1. The number of nitrogens with zero attached hydrogens (tertiary/aromatic N) is 4. The molecule has 0 aliphatic carbocycles. The van der Waals surface area contributed by atoms with Gasteiger partial charge in [0.2, 0.25) is 5.91 Å². The first-order valence-electron chi connectivity index (χ1n) is 8.66. The van der Waals surface area contributed by atoms with Crippen molar-refractivity contribution in [2.24, 2.45) is 0 Å². The van der Waals surface area contributed by atoms with E-state index in [0.717, 1.165) is 15.7 Å². The lowest BCUT2D eigenvalue weighted by atomic mass is 10.1. The van der Waals surface area contributed by atoms with E-state index in [1.807, 2.05) is 45.9 Å². The Kier molecular flexibility index (Phi) is 5.19. The quantitative estimate of drug-likeness (QED) is 0.685. The standard InChI is InChI=1S/C19H22BrN5O2/c1-12-9-13(20)5-6-15(12)23-16(26)7-8-24-11-21-17-14(18(24)27)10-22-25(17)19(2,3)4/h5-6,9-11H,7-8H2,1-4H3,(H,23,26). The molecule has 1 N–H and O–H groups in total. The number of aromatic nitrogens is 4. The number of hydrogen-bond donors (Lipinski definition) is 1. The zero-order valence-electron chi connectivity index (χ0n) is 15.8. The lowest BCUT2D eigenvalue weighted by Gasteiger charge is -2.19. The molecular formula is C19H22BrN5O2. The molecule has 2 aromatic heterocycles. The van der Waals surface area contributed by atoms with E-state index in [0.29, 0.717) is 11.0 Å². The second-order valence-corrected chi connectivity index (χ2v) is 8.38. The fraction of sp³-hybridized carbons (Fsp3) is 0.368. The van der Waals surface area contributed by atoms with Gasteiger partial charge >= 0.3 is 0 Å². The van der Waals surface area contributed by atoms with E-state index >= 15 is 0 Å². The molecule has 0 spiro atoms. The average molecular weight is 432 g/mol. The Morgan fingerprint density at radius 2 is 2.04 bits per heavy atom. The summed E-state index contributed by atoms with van der Waals surface area (Å²) in [4.78, 5) is 29.3. The monoisotopic (exact) mass is 431 g/mol. The second kappa shape index (κ2) is 7.26. The van der Waals surface area contributed by atoms with Gasteiger partial charge in [0.05, 0.1) is 18.1 Å². The van der Waals surface area contributed by atoms with Crippen molar-refractivity contribution in [3.63, 3.8) is 0 Å². The molecule has 142 valence electrons. The van der Waals surface area contributed by atoms with Gasteiger partial charge in [-0.05, 0) is 51.5 Å². The predicted octanol–water partition coefficient (Wildman–Crippen LogP) is 3.45. The van der Waals surface area contributed by atoms with Crippen LogP contribution in [-0.4, -0.2) is 25.2 Å². The average Bonchev–Trinajstić information content (AvgIpc) is 3.02. The van der Waals surface area contributed by atoms with Gasteiger partial charge in [-0.15, -0.1) is 0 Å². The van der Waals surface area contributed by atoms with Crippen LogP contribution in [0.5, 0.6) is 0 Å². The van der Waals surface area contributed by atoms with Crippen LogP contribution >= 0.6 is 15.9 Å². The van der Waals surface area contributed by atoms with Crippen LogP contribution < -0.4 is 10.9 Å². The first kappa shape index (κ1) is 19.3. The molecular weight excluding hydrogens is 410 g/mol. The zero-order valence-corrected chi connectivity index (χ0v) is 17.4. The minimum atomic E-state index is -0.268. The number of carbonyl (C=O) groups is 1. The third-order valence-corrected chi connectivity index (χ3v) is 4.73. The molecule has 2 heterocycles. The van der Waals surface area contributed by atoms with E-state index in [2.05, 4.69) is 31.3 Å². The Morgan fingerprint density at radius 3 is 2.70 bits per heavy atom. The maximum atomic E-state index is 12.7. The highest BCUT2D eigenvalue weighted by Gasteiger charge is 2.19. The molecule has 1 aromatic carbocycles. The minimum absolute atomic E-state index is 0.155. The van der Waals surface area contributed by atoms with Crippen LogP contribution in [-0.2, 0) is 16.9 Å². The van der Waals surface area contributed by atoms with Crippen LogP contribution in [0.1, 0.15) is 32.8 Å². The van der Waals surface area contributed by atoms with Gasteiger partial charge in [-0.1, -0.05) is 15.9 Å². The van der Waals surface area contributed by atoms with Gasteiger partial charge in [0.1, 0.15) is 5.39 Å². The molecule has 8 heteroatoms. The van der Waals surface area contributed by atoms with Crippen molar-refractivity contribution in [2.45, 2.75) is 46.2 Å². The number of halogens is 1. The van der Waals surface area contributed by atoms with Crippen molar-refractivity contribution >= 4 is 38.6 Å². The van der Waals surface area contributed by atoms with Crippen molar-refractivity contribution in [1.82, 2.24) is 19.3 Å². The summed E-state index contributed by atoms with van der Waals surface area (Å²) in [5, 5.41) is 7.63. The molecule has 1 amide bonds. The summed E-state index contributed by atoms with van der Waals surface area (Å²) < 4.78 is 4.14. The third-order valence-electron chi connectivity index (χ3n) is 4.23. The number of nitrogens with one attached hydrogen (secondary N) is 1. The van der Waals surface area contributed by atoms with Crippen LogP contribution in [0.3, 0.4) is 0 Å². The number of rotatable bonds is 4. The summed E-state index contributed by atoms with van der Waals surface area (Å²) in [5.74, 6) is -0.155. The van der Waals surface area contributed by atoms with Crippen molar-refractivity contribution in [2.75, 3.05) is 5.32 Å². The molecule has 27 heavy (non-hydrogen) atoms. The molecule has 0 aliphatic rings. The van der Waals surface area contributed by atoms with Crippen LogP contribution in [0.25, 0.3) is 11.0 Å². The van der Waals surface area contributed by atoms with Gasteiger partial charge in [0.15, 0.2) is 5.65 Å². The van der Waals surface area contributed by atoms with Gasteiger partial charge in [-0.2, -0.15) is 5.10 Å². The maximum Gasteiger partial charge on any atom is 0.264 e. The summed E-state index contributed by atoms with van der Waals surface area (Å²) in [7, 11) is 0. The van der Waals surface area contributed by atoms with E-state index < -0.39 is 0 Å². The number of benzene rings is 1. The predicted molar refractivity (Wildman–Crippen MR) is 109 cm³/mol. The molecule has 0 radical (unpaired) electrons. The summed E-state index contributed by atoms with van der Waals surface area (Å²) in [6, 6.07) is 5.65. The summed E-state index contributed by atoms with van der Waals surface area (Å²) >= 11 is 3.40. The number of anilines is 1. The first-order valence-corrected chi connectivity index (χ1v) is 9.46. The van der Waals surface area contributed by atoms with E-state index in [9.17, 15) is 9.59 Å². The Bertz CT molecular complexity index is 1060. The Morgan fingerprint density at radius 1 is 1.30 bits per heavy atom. The zero-order chi connectivity index (χ0) is 19.8. The fourth-order valence-electron chi connectivity index (χ4n) is 2.80. The topological polar surface area (TPSA) is 81.8 Å². The molecule has 0 saturated heterocycles. The summed E-state index contributed by atoms with van der Waals surface area (Å²) in [5.41, 5.74) is 1.82. The normalized spacial score (nSPS) is 11.7. The highest BCUT2D eigenvalue weighted by molar-refractivity contribution is 9.10. The summed E-state index contributed by atoms with van der Waals surface area (Å²) in [6.07, 6.45) is 3.19. The number of aryl methyl sites for hydroxylation is 2. The molecule has 0 unspecified atom stereocenters. The van der Waals surface area contributed by atoms with Crippen LogP contribution in [0.15, 0.2) is 40.0 Å². The van der Waals surface area contributed by atoms with Crippen molar-refractivity contribution in [1.29, 1.82) is 0 Å². The van der Waals surface area contributed by atoms with Gasteiger partial charge in [0.25, 0.3) is 5.56 Å². The highest BCUT2D eigenvalue weighted by atomic mass is 79.9. The molecule has 0 saturated carbocycles. The number of amides is 1. The summed E-state index contributed by atoms with van der Waals surface area (Å²) in [6.45, 7) is 8.18. The lowest BCUT2D eigenvalue weighted by Crippen LogP contribution is -2.26. The molecule has 0 atom stereocenters. The van der Waals surface area contributed by atoms with E-state index in [1.54, 1.807) is 4.68 Å². The van der Waals surface area contributed by atoms with Crippen LogP contribution in [0.4, 0.5) is 5.69 Å². The van der Waals surface area contributed by atoms with Gasteiger partial charge in [0, 0.05) is 23.1 Å².